The second-order valence-corrected chi connectivity index (χ2v) is 3.30. The lowest BCUT2D eigenvalue weighted by molar-refractivity contribution is 0.101. The fourth-order valence-electron chi connectivity index (χ4n) is 0.789. The minimum Gasteiger partial charge on any atom is -0.380 e. The first kappa shape index (κ1) is 10.8. The molecule has 0 aromatic rings. The second kappa shape index (κ2) is 4.65. The molecular weight excluding hydrogens is 148 g/mol. The molecule has 0 aromatic carbocycles. The number of terminal acetylenes is 1. The van der Waals surface area contributed by atoms with Crippen molar-refractivity contribution in [2.45, 2.75) is 26.4 Å². The SMILES string of the molecule is C#CC#C[C@H](O)C(C)(C)CC=C. The van der Waals surface area contributed by atoms with Crippen LogP contribution in [0.3, 0.4) is 0 Å². The quantitative estimate of drug-likeness (QED) is 0.493. The predicted molar refractivity (Wildman–Crippen MR) is 51.2 cm³/mol. The van der Waals surface area contributed by atoms with Crippen LogP contribution in [0.4, 0.5) is 0 Å². The summed E-state index contributed by atoms with van der Waals surface area (Å²) in [7, 11) is 0. The van der Waals surface area contributed by atoms with E-state index in [0.717, 1.165) is 0 Å². The first-order chi connectivity index (χ1) is 5.54. The number of allylic oxidation sites excluding steroid dienone is 1. The molecule has 1 nitrogen and oxygen atoms in total. The molecule has 1 heteroatoms. The Bertz CT molecular complexity index is 244. The van der Waals surface area contributed by atoms with Crippen LogP contribution < -0.4 is 0 Å². The molecule has 0 fully saturated rings. The first-order valence-corrected chi connectivity index (χ1v) is 3.79. The van der Waals surface area contributed by atoms with Gasteiger partial charge >= 0.3 is 0 Å². The van der Waals surface area contributed by atoms with E-state index < -0.39 is 6.10 Å². The highest BCUT2D eigenvalue weighted by Gasteiger charge is 2.24. The van der Waals surface area contributed by atoms with Crippen molar-refractivity contribution < 1.29 is 5.11 Å². The summed E-state index contributed by atoms with van der Waals surface area (Å²) in [6.07, 6.45) is 6.73. The highest BCUT2D eigenvalue weighted by molar-refractivity contribution is 5.24. The summed E-state index contributed by atoms with van der Waals surface area (Å²) in [6.45, 7) is 7.45. The smallest absolute Gasteiger partial charge is 0.121 e. The summed E-state index contributed by atoms with van der Waals surface area (Å²) in [5.74, 6) is 7.15. The number of aliphatic hydroxyl groups is 1. The van der Waals surface area contributed by atoms with Gasteiger partial charge in [0.15, 0.2) is 0 Å². The predicted octanol–water partition coefficient (Wildman–Crippen LogP) is 1.59. The third kappa shape index (κ3) is 3.28. The van der Waals surface area contributed by atoms with Crippen molar-refractivity contribution in [2.75, 3.05) is 0 Å². The van der Waals surface area contributed by atoms with E-state index in [0.29, 0.717) is 6.42 Å². The zero-order chi connectivity index (χ0) is 9.61. The molecule has 0 radical (unpaired) electrons. The molecule has 0 amide bonds. The van der Waals surface area contributed by atoms with E-state index in [2.05, 4.69) is 24.3 Å². The average Bonchev–Trinajstić information content (AvgIpc) is 2.00. The third-order valence-corrected chi connectivity index (χ3v) is 1.69. The Balaban J connectivity index is 4.35. The fraction of sp³-hybridized carbons (Fsp3) is 0.455. The van der Waals surface area contributed by atoms with E-state index in [-0.39, 0.29) is 5.41 Å². The van der Waals surface area contributed by atoms with Gasteiger partial charge in [0, 0.05) is 5.41 Å². The number of hydrogen-bond acceptors (Lipinski definition) is 1. The number of rotatable bonds is 3. The molecule has 1 N–H and O–H groups in total. The Morgan fingerprint density at radius 1 is 1.67 bits per heavy atom. The van der Waals surface area contributed by atoms with Crippen LogP contribution in [0.15, 0.2) is 12.7 Å². The van der Waals surface area contributed by atoms with Gasteiger partial charge in [-0.05, 0) is 18.3 Å². The van der Waals surface area contributed by atoms with Gasteiger partial charge < -0.3 is 5.11 Å². The molecule has 0 unspecified atom stereocenters. The molecule has 1 atom stereocenters. The van der Waals surface area contributed by atoms with Crippen LogP contribution in [0.25, 0.3) is 0 Å². The Labute approximate surface area is 74.5 Å². The lowest BCUT2D eigenvalue weighted by atomic mass is 9.83. The van der Waals surface area contributed by atoms with Crippen LogP contribution >= 0.6 is 0 Å². The Morgan fingerprint density at radius 3 is 2.67 bits per heavy atom. The Kier molecular flexibility index (Phi) is 4.19. The molecule has 0 bridgehead atoms. The van der Waals surface area contributed by atoms with Gasteiger partial charge in [-0.2, -0.15) is 0 Å². The fourth-order valence-corrected chi connectivity index (χ4v) is 0.789. The van der Waals surface area contributed by atoms with Crippen LogP contribution in [0, 0.1) is 29.6 Å². The van der Waals surface area contributed by atoms with E-state index >= 15 is 0 Å². The van der Waals surface area contributed by atoms with Crippen molar-refractivity contribution in [3.63, 3.8) is 0 Å². The topological polar surface area (TPSA) is 20.2 Å². The van der Waals surface area contributed by atoms with E-state index in [1.807, 2.05) is 13.8 Å². The van der Waals surface area contributed by atoms with Gasteiger partial charge in [0.2, 0.25) is 0 Å². The molecule has 64 valence electrons. The highest BCUT2D eigenvalue weighted by Crippen LogP contribution is 2.24. The number of aliphatic hydroxyl groups excluding tert-OH is 1. The van der Waals surface area contributed by atoms with Crippen molar-refractivity contribution in [3.8, 4) is 24.2 Å². The summed E-state index contributed by atoms with van der Waals surface area (Å²) in [5, 5.41) is 9.52. The average molecular weight is 162 g/mol. The van der Waals surface area contributed by atoms with Crippen molar-refractivity contribution in [3.05, 3.63) is 12.7 Å². The standard InChI is InChI=1S/C11H14O/c1-5-7-8-10(12)11(3,4)9-6-2/h1,6,10,12H,2,9H2,3-4H3/t10-/m0/s1. The van der Waals surface area contributed by atoms with Crippen molar-refractivity contribution >= 4 is 0 Å². The summed E-state index contributed by atoms with van der Waals surface area (Å²) in [4.78, 5) is 0. The highest BCUT2D eigenvalue weighted by atomic mass is 16.3. The second-order valence-electron chi connectivity index (χ2n) is 3.30. The molecule has 0 spiro atoms. The lowest BCUT2D eigenvalue weighted by Crippen LogP contribution is -2.27. The summed E-state index contributed by atoms with van der Waals surface area (Å²) < 4.78 is 0. The van der Waals surface area contributed by atoms with E-state index in [1.54, 1.807) is 6.08 Å². The van der Waals surface area contributed by atoms with Crippen LogP contribution in [0.2, 0.25) is 0 Å². The van der Waals surface area contributed by atoms with E-state index in [1.165, 1.54) is 0 Å². The van der Waals surface area contributed by atoms with E-state index in [9.17, 15) is 5.11 Å². The minimum atomic E-state index is -0.688. The molecule has 0 aliphatic carbocycles. The number of hydrogen-bond donors (Lipinski definition) is 1. The minimum absolute atomic E-state index is 0.272. The van der Waals surface area contributed by atoms with Gasteiger partial charge in [-0.3, -0.25) is 0 Å². The van der Waals surface area contributed by atoms with Gasteiger partial charge in [-0.1, -0.05) is 25.8 Å². The maximum Gasteiger partial charge on any atom is 0.121 e. The molecule has 0 heterocycles. The van der Waals surface area contributed by atoms with Crippen LogP contribution in [-0.4, -0.2) is 11.2 Å². The molecule has 0 saturated heterocycles. The van der Waals surface area contributed by atoms with Gasteiger partial charge in [0.25, 0.3) is 0 Å². The van der Waals surface area contributed by atoms with Crippen LogP contribution in [-0.2, 0) is 0 Å². The summed E-state index contributed by atoms with van der Waals surface area (Å²) >= 11 is 0. The summed E-state index contributed by atoms with van der Waals surface area (Å²) in [5.41, 5.74) is -0.272. The zero-order valence-corrected chi connectivity index (χ0v) is 7.59. The van der Waals surface area contributed by atoms with E-state index in [4.69, 9.17) is 6.42 Å². The molecule has 0 rings (SSSR count). The maximum absolute atomic E-state index is 9.52. The molecule has 0 saturated carbocycles. The largest absolute Gasteiger partial charge is 0.380 e. The third-order valence-electron chi connectivity index (χ3n) is 1.69. The van der Waals surface area contributed by atoms with Crippen LogP contribution in [0.5, 0.6) is 0 Å². The van der Waals surface area contributed by atoms with Crippen molar-refractivity contribution in [1.29, 1.82) is 0 Å². The first-order valence-electron chi connectivity index (χ1n) is 3.79. The summed E-state index contributed by atoms with van der Waals surface area (Å²) in [6, 6.07) is 0. The monoisotopic (exact) mass is 162 g/mol. The van der Waals surface area contributed by atoms with Crippen molar-refractivity contribution in [1.82, 2.24) is 0 Å². The van der Waals surface area contributed by atoms with Crippen molar-refractivity contribution in [2.24, 2.45) is 5.41 Å². The Hall–Kier alpha value is -1.18. The molecular formula is C11H14O. The van der Waals surface area contributed by atoms with Gasteiger partial charge in [-0.25, -0.2) is 0 Å². The molecule has 0 aromatic heterocycles. The molecule has 0 aliphatic rings. The normalized spacial score (nSPS) is 12.2. The maximum atomic E-state index is 9.52. The Morgan fingerprint density at radius 2 is 2.25 bits per heavy atom. The lowest BCUT2D eigenvalue weighted by Gasteiger charge is -2.25. The zero-order valence-electron chi connectivity index (χ0n) is 7.59. The van der Waals surface area contributed by atoms with Crippen LogP contribution in [0.1, 0.15) is 20.3 Å². The van der Waals surface area contributed by atoms with Gasteiger partial charge in [0.1, 0.15) is 6.10 Å². The molecule has 0 aliphatic heterocycles. The van der Waals surface area contributed by atoms with Gasteiger partial charge in [-0.15, -0.1) is 13.0 Å². The molecule has 12 heavy (non-hydrogen) atoms. The van der Waals surface area contributed by atoms with Gasteiger partial charge in [0.05, 0.1) is 0 Å².